The Balaban J connectivity index is 2.55. The van der Waals surface area contributed by atoms with Crippen molar-refractivity contribution in [3.63, 3.8) is 0 Å². The molecule has 16 heteroatoms. The van der Waals surface area contributed by atoms with E-state index in [-0.39, 0.29) is 0 Å². The van der Waals surface area contributed by atoms with Crippen molar-refractivity contribution in [2.45, 2.75) is 64.4 Å². The lowest BCUT2D eigenvalue weighted by molar-refractivity contribution is -0.265. The van der Waals surface area contributed by atoms with E-state index in [1.807, 2.05) is 0 Å². The standard InChI is InChI=1S/C19H28N3O12P/c1-10(18(26)29-5)31-17-15(21-11(2)23)19(34-35(27,28)22-7-6-20-9-22)33-14(8-30-12(3)24)16(17)32-13(4)25/h6-7,9-10,14-17,19H,8H2,1-5H3,(H,21,23)(H,27,28)/p-1/t10-,14-,15-,16-,17-,19-/m1/s1. The Hall–Kier alpha value is -2.84. The summed E-state index contributed by atoms with van der Waals surface area (Å²) in [5.41, 5.74) is 0. The minimum absolute atomic E-state index is 0.493. The molecule has 0 saturated carbocycles. The van der Waals surface area contributed by atoms with Gasteiger partial charge in [-0.05, 0) is 19.7 Å². The van der Waals surface area contributed by atoms with Gasteiger partial charge < -0.3 is 33.7 Å². The highest BCUT2D eigenvalue weighted by molar-refractivity contribution is 7.51. The molecule has 0 radical (unpaired) electrons. The van der Waals surface area contributed by atoms with E-state index in [1.165, 1.54) is 13.1 Å². The molecule has 0 amide bonds. The van der Waals surface area contributed by atoms with Gasteiger partial charge in [-0.1, -0.05) is 0 Å². The van der Waals surface area contributed by atoms with Crippen LogP contribution in [0, 0.1) is 0 Å². The van der Waals surface area contributed by atoms with Crippen molar-refractivity contribution in [3.05, 3.63) is 18.7 Å². The molecule has 0 aromatic carbocycles. The number of rotatable bonds is 10. The molecule has 1 unspecified atom stereocenters. The van der Waals surface area contributed by atoms with Gasteiger partial charge in [0, 0.05) is 26.2 Å². The second-order valence-corrected chi connectivity index (χ2v) is 9.02. The van der Waals surface area contributed by atoms with E-state index in [0.717, 1.165) is 44.7 Å². The number of aromatic nitrogens is 2. The molecular formula is C19H27N3O12P-. The summed E-state index contributed by atoms with van der Waals surface area (Å²) >= 11 is 0. The summed E-state index contributed by atoms with van der Waals surface area (Å²) in [6, 6.07) is -1.50. The smallest absolute Gasteiger partial charge is 0.439 e. The van der Waals surface area contributed by atoms with Gasteiger partial charge in [0.1, 0.15) is 31.2 Å². The van der Waals surface area contributed by atoms with Crippen molar-refractivity contribution in [1.29, 1.82) is 0 Å². The van der Waals surface area contributed by atoms with E-state index in [2.05, 4.69) is 14.7 Å². The van der Waals surface area contributed by atoms with Crippen LogP contribution in [0.5, 0.6) is 0 Å². The SMILES string of the molecule is COC(=O)[C@@H](C)O[C@@H]1[C@@H](N=C(C)[O-])[C@@H](OP(=O)(O)n2ccnc2)O[C@H](COC(C)=O)[C@H]1OC(C)=O. The Bertz CT molecular complexity index is 964. The van der Waals surface area contributed by atoms with Crippen LogP contribution >= 0.6 is 7.75 Å². The highest BCUT2D eigenvalue weighted by atomic mass is 31.2. The first-order valence-electron chi connectivity index (χ1n) is 10.3. The van der Waals surface area contributed by atoms with Gasteiger partial charge in [-0.15, -0.1) is 0 Å². The first kappa shape index (κ1) is 28.4. The van der Waals surface area contributed by atoms with Crippen molar-refractivity contribution in [1.82, 2.24) is 9.32 Å². The fourth-order valence-electron chi connectivity index (χ4n) is 3.20. The lowest BCUT2D eigenvalue weighted by atomic mass is 9.96. The first-order valence-corrected chi connectivity index (χ1v) is 11.8. The highest BCUT2D eigenvalue weighted by Crippen LogP contribution is 2.47. The number of methoxy groups -OCH3 is 1. The lowest BCUT2D eigenvalue weighted by Crippen LogP contribution is -2.62. The number of imidazole rings is 1. The summed E-state index contributed by atoms with van der Waals surface area (Å²) in [5.74, 6) is -3.05. The van der Waals surface area contributed by atoms with Gasteiger partial charge in [0.2, 0.25) is 0 Å². The summed E-state index contributed by atoms with van der Waals surface area (Å²) in [7, 11) is -3.53. The van der Waals surface area contributed by atoms with Gasteiger partial charge in [0.25, 0.3) is 0 Å². The number of nitrogens with zero attached hydrogens (tertiary/aromatic N) is 3. The normalized spacial score (nSPS) is 27.4. The maximum absolute atomic E-state index is 12.9. The first-order chi connectivity index (χ1) is 16.4. The third-order valence-corrected chi connectivity index (χ3v) is 5.92. The van der Waals surface area contributed by atoms with Crippen LogP contribution in [0.1, 0.15) is 27.7 Å². The molecule has 15 nitrogen and oxygen atoms in total. The van der Waals surface area contributed by atoms with Gasteiger partial charge in [-0.2, -0.15) is 0 Å². The Morgan fingerprint density at radius 2 is 1.94 bits per heavy atom. The van der Waals surface area contributed by atoms with Crippen LogP contribution in [-0.4, -0.2) is 88.5 Å². The van der Waals surface area contributed by atoms with Crippen molar-refractivity contribution in [3.8, 4) is 0 Å². The van der Waals surface area contributed by atoms with Crippen molar-refractivity contribution < 1.29 is 57.2 Å². The molecule has 35 heavy (non-hydrogen) atoms. The molecule has 1 aromatic heterocycles. The van der Waals surface area contributed by atoms with Gasteiger partial charge in [0.05, 0.1) is 7.11 Å². The highest BCUT2D eigenvalue weighted by Gasteiger charge is 2.52. The third kappa shape index (κ3) is 7.83. The number of aliphatic imine (C=N–C) groups is 1. The molecule has 0 aliphatic carbocycles. The van der Waals surface area contributed by atoms with Crippen LogP contribution < -0.4 is 5.11 Å². The topological polar surface area (TPSA) is 197 Å². The molecule has 1 aromatic rings. The van der Waals surface area contributed by atoms with Crippen molar-refractivity contribution >= 4 is 31.6 Å². The zero-order chi connectivity index (χ0) is 26.3. The van der Waals surface area contributed by atoms with E-state index < -0.39 is 74.9 Å². The van der Waals surface area contributed by atoms with Crippen LogP contribution in [0.15, 0.2) is 23.7 Å². The lowest BCUT2D eigenvalue weighted by Gasteiger charge is -2.45. The molecule has 0 spiro atoms. The monoisotopic (exact) mass is 520 g/mol. The summed E-state index contributed by atoms with van der Waals surface area (Å²) in [4.78, 5) is 53.3. The fourth-order valence-corrected chi connectivity index (χ4v) is 4.17. The molecule has 7 atom stereocenters. The zero-order valence-electron chi connectivity index (χ0n) is 19.6. The summed E-state index contributed by atoms with van der Waals surface area (Å²) in [6.45, 7) is 4.14. The number of ether oxygens (including phenoxy) is 5. The number of esters is 3. The van der Waals surface area contributed by atoms with Gasteiger partial charge in [-0.3, -0.25) is 19.1 Å². The van der Waals surface area contributed by atoms with E-state index in [9.17, 15) is 28.9 Å². The molecule has 1 aliphatic rings. The maximum atomic E-state index is 12.9. The number of hydrogen-bond donors (Lipinski definition) is 1. The summed E-state index contributed by atoms with van der Waals surface area (Å²) < 4.78 is 45.4. The maximum Gasteiger partial charge on any atom is 0.439 e. The molecular weight excluding hydrogens is 493 g/mol. The minimum Gasteiger partial charge on any atom is -0.862 e. The van der Waals surface area contributed by atoms with Crippen LogP contribution in [0.3, 0.4) is 0 Å². The Labute approximate surface area is 200 Å². The van der Waals surface area contributed by atoms with E-state index >= 15 is 0 Å². The van der Waals surface area contributed by atoms with Crippen LogP contribution in [-0.2, 0) is 47.2 Å². The van der Waals surface area contributed by atoms with Crippen molar-refractivity contribution in [2.24, 2.45) is 4.99 Å². The Morgan fingerprint density at radius 1 is 1.26 bits per heavy atom. The van der Waals surface area contributed by atoms with Crippen LogP contribution in [0.4, 0.5) is 0 Å². The molecule has 196 valence electrons. The molecule has 0 bridgehead atoms. The van der Waals surface area contributed by atoms with E-state index in [0.29, 0.717) is 0 Å². The molecule has 1 N–H and O–H groups in total. The molecule has 1 saturated heterocycles. The van der Waals surface area contributed by atoms with Gasteiger partial charge in [-0.25, -0.2) is 18.7 Å². The summed E-state index contributed by atoms with van der Waals surface area (Å²) in [6.07, 6.45) is -3.70. The molecule has 2 heterocycles. The van der Waals surface area contributed by atoms with E-state index in [1.54, 1.807) is 0 Å². The van der Waals surface area contributed by atoms with Crippen molar-refractivity contribution in [2.75, 3.05) is 13.7 Å². The number of carbonyl (C=O) groups is 3. The Kier molecular flexibility index (Phi) is 9.92. The second-order valence-electron chi connectivity index (χ2n) is 7.36. The molecule has 1 aliphatic heterocycles. The minimum atomic E-state index is -4.65. The van der Waals surface area contributed by atoms with Crippen LogP contribution in [0.2, 0.25) is 0 Å². The number of hydrogen-bond acceptors (Lipinski definition) is 13. The molecule has 2 rings (SSSR count). The quantitative estimate of drug-likeness (QED) is 0.132. The average molecular weight is 520 g/mol. The fraction of sp³-hybridized carbons (Fsp3) is 0.632. The second kappa shape index (κ2) is 12.2. The predicted octanol–water partition coefficient (Wildman–Crippen LogP) is -0.838. The average Bonchev–Trinajstić information content (AvgIpc) is 3.31. The van der Waals surface area contributed by atoms with Gasteiger partial charge in [0.15, 0.2) is 18.5 Å². The zero-order valence-corrected chi connectivity index (χ0v) is 20.5. The summed E-state index contributed by atoms with van der Waals surface area (Å²) in [5, 5.41) is 11.9. The number of carbonyl (C=O) groups excluding carboxylic acids is 3. The Morgan fingerprint density at radius 3 is 2.46 bits per heavy atom. The predicted molar refractivity (Wildman–Crippen MR) is 113 cm³/mol. The third-order valence-electron chi connectivity index (χ3n) is 4.62. The van der Waals surface area contributed by atoms with Gasteiger partial charge >= 0.3 is 25.7 Å². The largest absolute Gasteiger partial charge is 0.862 e. The molecule has 1 fully saturated rings. The van der Waals surface area contributed by atoms with E-state index in [4.69, 9.17) is 23.5 Å². The van der Waals surface area contributed by atoms with Crippen LogP contribution in [0.25, 0.3) is 0 Å².